The molecular formula is C28H30ClFN6O. The number of amides is 1. The van der Waals surface area contributed by atoms with Gasteiger partial charge in [0, 0.05) is 30.0 Å². The quantitative estimate of drug-likeness (QED) is 0.355. The molecule has 1 aromatic heterocycles. The number of hydrogen-bond acceptors (Lipinski definition) is 6. The minimum absolute atomic E-state index is 0.00411. The molecule has 0 radical (unpaired) electrons. The number of anilines is 3. The number of likely N-dealkylation sites (N-methyl/N-ethyl adjacent to an activating group) is 1. The molecule has 0 saturated carbocycles. The molecular weight excluding hydrogens is 491 g/mol. The number of rotatable bonds is 6. The largest absolute Gasteiger partial charge is 0.337 e. The molecule has 1 aliphatic heterocycles. The van der Waals surface area contributed by atoms with E-state index in [4.69, 9.17) is 11.6 Å². The minimum atomic E-state index is -0.576. The Kier molecular flexibility index (Phi) is 8.08. The van der Waals surface area contributed by atoms with E-state index in [-0.39, 0.29) is 22.0 Å². The van der Waals surface area contributed by atoms with Crippen molar-refractivity contribution >= 4 is 45.6 Å². The van der Waals surface area contributed by atoms with Gasteiger partial charge in [-0.15, -0.1) is 0 Å². The average molecular weight is 521 g/mol. The fourth-order valence-corrected chi connectivity index (χ4v) is 4.37. The summed E-state index contributed by atoms with van der Waals surface area (Å²) in [6.07, 6.45) is 5.66. The number of nitrogens with zero attached hydrogens (tertiary/aromatic N) is 4. The first-order valence-corrected chi connectivity index (χ1v) is 12.4. The Bertz CT molecular complexity index is 1410. The van der Waals surface area contributed by atoms with Gasteiger partial charge in [0.05, 0.1) is 27.5 Å². The third-order valence-electron chi connectivity index (χ3n) is 6.14. The van der Waals surface area contributed by atoms with Crippen molar-refractivity contribution in [3.8, 4) is 11.8 Å². The van der Waals surface area contributed by atoms with Crippen LogP contribution in [0, 0.1) is 23.1 Å². The number of benzene rings is 2. The molecule has 1 fully saturated rings. The normalized spacial score (nSPS) is 17.8. The van der Waals surface area contributed by atoms with Crippen LogP contribution in [-0.2, 0) is 4.79 Å². The standard InChI is InChI=1S/C28H30ClFN6O/c1-28(12-14-36(4)17-28)11-10-19-15-24-20(16-23(19)33-25(37)9-6-13-35(2)3)27(32-18-31-24)34-22-8-5-7-21(29)26(22)30/h5-9,15-16,18H,12-14,17H2,1-4H3,(H,33,37)(H,31,32,34)/t28-/m0/s1. The van der Waals surface area contributed by atoms with Gasteiger partial charge in [0.1, 0.15) is 12.1 Å². The zero-order valence-corrected chi connectivity index (χ0v) is 22.2. The Morgan fingerprint density at radius 2 is 2.11 bits per heavy atom. The molecule has 1 aliphatic rings. The number of aromatic nitrogens is 2. The number of likely N-dealkylation sites (tertiary alicyclic amines) is 1. The van der Waals surface area contributed by atoms with Crippen molar-refractivity contribution in [2.75, 3.05) is 51.4 Å². The Morgan fingerprint density at radius 1 is 1.30 bits per heavy atom. The molecule has 37 heavy (non-hydrogen) atoms. The van der Waals surface area contributed by atoms with E-state index in [9.17, 15) is 9.18 Å². The summed E-state index contributed by atoms with van der Waals surface area (Å²) in [6, 6.07) is 8.30. The van der Waals surface area contributed by atoms with E-state index in [1.165, 1.54) is 18.5 Å². The fraction of sp³-hybridized carbons (Fsp3) is 0.321. The first-order valence-electron chi connectivity index (χ1n) is 12.0. The number of carbonyl (C=O) groups excluding carboxylic acids is 1. The summed E-state index contributed by atoms with van der Waals surface area (Å²) in [5, 5.41) is 6.56. The highest BCUT2D eigenvalue weighted by molar-refractivity contribution is 6.31. The molecule has 1 saturated heterocycles. The lowest BCUT2D eigenvalue weighted by atomic mass is 9.90. The zero-order chi connectivity index (χ0) is 26.6. The van der Waals surface area contributed by atoms with Gasteiger partial charge in [-0.2, -0.15) is 0 Å². The van der Waals surface area contributed by atoms with Crippen LogP contribution in [0.2, 0.25) is 5.02 Å². The van der Waals surface area contributed by atoms with Gasteiger partial charge in [0.2, 0.25) is 5.91 Å². The third-order valence-corrected chi connectivity index (χ3v) is 6.43. The highest BCUT2D eigenvalue weighted by Crippen LogP contribution is 2.32. The maximum absolute atomic E-state index is 14.6. The van der Waals surface area contributed by atoms with Gasteiger partial charge in [-0.25, -0.2) is 14.4 Å². The first-order chi connectivity index (χ1) is 17.6. The third kappa shape index (κ3) is 6.63. The molecule has 7 nitrogen and oxygen atoms in total. The SMILES string of the molecule is CN(C)CC=CC(=O)Nc1cc2c(Nc3cccc(Cl)c3F)ncnc2cc1C#C[C@@]1(C)CCN(C)C1. The molecule has 0 bridgehead atoms. The van der Waals surface area contributed by atoms with Crippen molar-refractivity contribution < 1.29 is 9.18 Å². The van der Waals surface area contributed by atoms with E-state index in [0.29, 0.717) is 34.5 Å². The summed E-state index contributed by atoms with van der Waals surface area (Å²) in [5.41, 5.74) is 1.83. The van der Waals surface area contributed by atoms with E-state index in [2.05, 4.69) is 51.3 Å². The zero-order valence-electron chi connectivity index (χ0n) is 21.4. The predicted octanol–water partition coefficient (Wildman–Crippen LogP) is 4.92. The van der Waals surface area contributed by atoms with Crippen molar-refractivity contribution in [1.29, 1.82) is 0 Å². The van der Waals surface area contributed by atoms with Crippen LogP contribution in [0.1, 0.15) is 18.9 Å². The number of carbonyl (C=O) groups is 1. The smallest absolute Gasteiger partial charge is 0.248 e. The lowest BCUT2D eigenvalue weighted by molar-refractivity contribution is -0.111. The van der Waals surface area contributed by atoms with E-state index in [1.807, 2.05) is 25.1 Å². The highest BCUT2D eigenvalue weighted by Gasteiger charge is 2.30. The number of hydrogen-bond donors (Lipinski definition) is 2. The summed E-state index contributed by atoms with van der Waals surface area (Å²) in [4.78, 5) is 25.7. The Hall–Kier alpha value is -3.51. The second-order valence-corrected chi connectivity index (χ2v) is 10.2. The van der Waals surface area contributed by atoms with Gasteiger partial charge >= 0.3 is 0 Å². The Morgan fingerprint density at radius 3 is 2.84 bits per heavy atom. The van der Waals surface area contributed by atoms with Crippen molar-refractivity contribution in [3.05, 3.63) is 65.2 Å². The van der Waals surface area contributed by atoms with E-state index in [0.717, 1.165) is 19.5 Å². The van der Waals surface area contributed by atoms with Crippen LogP contribution in [-0.4, -0.2) is 66.5 Å². The molecule has 4 rings (SSSR count). The topological polar surface area (TPSA) is 73.4 Å². The first kappa shape index (κ1) is 26.6. The Balaban J connectivity index is 1.75. The molecule has 9 heteroatoms. The molecule has 2 heterocycles. The van der Waals surface area contributed by atoms with Crippen molar-refractivity contribution in [2.45, 2.75) is 13.3 Å². The van der Waals surface area contributed by atoms with Crippen LogP contribution < -0.4 is 10.6 Å². The monoisotopic (exact) mass is 520 g/mol. The molecule has 2 N–H and O–H groups in total. The second kappa shape index (κ2) is 11.3. The number of nitrogens with one attached hydrogen (secondary N) is 2. The molecule has 192 valence electrons. The summed E-state index contributed by atoms with van der Waals surface area (Å²) < 4.78 is 14.6. The van der Waals surface area contributed by atoms with Crippen LogP contribution in [0.15, 0.2) is 48.8 Å². The fourth-order valence-electron chi connectivity index (χ4n) is 4.19. The van der Waals surface area contributed by atoms with Crippen molar-refractivity contribution in [2.24, 2.45) is 5.41 Å². The van der Waals surface area contributed by atoms with Crippen LogP contribution >= 0.6 is 11.6 Å². The Labute approximate surface area is 221 Å². The average Bonchev–Trinajstić information content (AvgIpc) is 3.19. The van der Waals surface area contributed by atoms with E-state index in [1.54, 1.807) is 24.3 Å². The minimum Gasteiger partial charge on any atom is -0.337 e. The molecule has 0 spiro atoms. The van der Waals surface area contributed by atoms with Crippen LogP contribution in [0.5, 0.6) is 0 Å². The van der Waals surface area contributed by atoms with Crippen molar-refractivity contribution in [3.63, 3.8) is 0 Å². The lowest BCUT2D eigenvalue weighted by Gasteiger charge is -2.16. The predicted molar refractivity (Wildman–Crippen MR) is 148 cm³/mol. The van der Waals surface area contributed by atoms with Crippen LogP contribution in [0.4, 0.5) is 21.6 Å². The molecule has 1 amide bonds. The molecule has 0 unspecified atom stereocenters. The maximum Gasteiger partial charge on any atom is 0.248 e. The summed E-state index contributed by atoms with van der Waals surface area (Å²) in [7, 11) is 5.94. The number of halogens is 2. The summed E-state index contributed by atoms with van der Waals surface area (Å²) in [5.74, 6) is 6.24. The molecule has 3 aromatic rings. The van der Waals surface area contributed by atoms with Gasteiger partial charge in [-0.05, 0) is 65.3 Å². The molecule has 2 aromatic carbocycles. The van der Waals surface area contributed by atoms with Gasteiger partial charge in [0.15, 0.2) is 5.82 Å². The van der Waals surface area contributed by atoms with Gasteiger partial charge < -0.3 is 20.4 Å². The van der Waals surface area contributed by atoms with Crippen LogP contribution in [0.25, 0.3) is 10.9 Å². The second-order valence-electron chi connectivity index (χ2n) is 9.82. The molecule has 1 atom stereocenters. The van der Waals surface area contributed by atoms with Crippen LogP contribution in [0.3, 0.4) is 0 Å². The summed E-state index contributed by atoms with van der Waals surface area (Å²) >= 11 is 5.95. The van der Waals surface area contributed by atoms with Crippen molar-refractivity contribution in [1.82, 2.24) is 19.8 Å². The van der Waals surface area contributed by atoms with Gasteiger partial charge in [-0.1, -0.05) is 35.6 Å². The molecule has 0 aliphatic carbocycles. The van der Waals surface area contributed by atoms with E-state index < -0.39 is 5.82 Å². The van der Waals surface area contributed by atoms with E-state index >= 15 is 0 Å². The highest BCUT2D eigenvalue weighted by atomic mass is 35.5. The van der Waals surface area contributed by atoms with Gasteiger partial charge in [0.25, 0.3) is 0 Å². The number of fused-ring (bicyclic) bond motifs is 1. The maximum atomic E-state index is 14.6. The summed E-state index contributed by atoms with van der Waals surface area (Å²) in [6.45, 7) is 4.66. The lowest BCUT2D eigenvalue weighted by Crippen LogP contribution is -2.20. The van der Waals surface area contributed by atoms with Gasteiger partial charge in [-0.3, -0.25) is 4.79 Å².